The largest absolute Gasteiger partial charge is 0.480 e. The Hall–Kier alpha value is -1.92. The van der Waals surface area contributed by atoms with Crippen molar-refractivity contribution >= 4 is 29.6 Å². The number of hydrogen-bond acceptors (Lipinski definition) is 4. The van der Waals surface area contributed by atoms with Gasteiger partial charge < -0.3 is 15.6 Å². The van der Waals surface area contributed by atoms with Crippen LogP contribution in [0, 0.1) is 5.82 Å². The number of esters is 1. The van der Waals surface area contributed by atoms with E-state index >= 15 is 0 Å². The lowest BCUT2D eigenvalue weighted by atomic mass is 10.2. The minimum atomic E-state index is -1.17. The fourth-order valence-electron chi connectivity index (χ4n) is 1.27. The van der Waals surface area contributed by atoms with E-state index in [0.717, 1.165) is 6.08 Å². The molecule has 0 saturated heterocycles. The molecule has 1 aromatic carbocycles. The van der Waals surface area contributed by atoms with Gasteiger partial charge in [-0.2, -0.15) is 0 Å². The van der Waals surface area contributed by atoms with E-state index in [0.29, 0.717) is 0 Å². The fourth-order valence-corrected chi connectivity index (χ4v) is 1.45. The molecule has 0 saturated carbocycles. The summed E-state index contributed by atoms with van der Waals surface area (Å²) in [5.74, 6) is -2.52. The van der Waals surface area contributed by atoms with E-state index in [2.05, 4.69) is 0 Å². The number of nitrogens with two attached hydrogens (primary N) is 1. The number of carboxylic acid groups (broad SMARTS) is 1. The summed E-state index contributed by atoms with van der Waals surface area (Å²) in [5.41, 5.74) is 5.38. The van der Waals surface area contributed by atoms with Crippen molar-refractivity contribution in [3.63, 3.8) is 0 Å². The Morgan fingerprint density at radius 2 is 2.20 bits per heavy atom. The van der Waals surface area contributed by atoms with Crippen molar-refractivity contribution in [1.29, 1.82) is 0 Å². The Labute approximate surface area is 119 Å². The summed E-state index contributed by atoms with van der Waals surface area (Å²) in [6, 6.07) is 3.30. The summed E-state index contributed by atoms with van der Waals surface area (Å²) in [7, 11) is 0. The summed E-state index contributed by atoms with van der Waals surface area (Å²) < 4.78 is 18.2. The molecule has 0 aromatic heterocycles. The molecule has 5 nitrogen and oxygen atoms in total. The average Bonchev–Trinajstić information content (AvgIpc) is 2.40. The van der Waals surface area contributed by atoms with Crippen LogP contribution in [0.5, 0.6) is 0 Å². The molecule has 0 aliphatic heterocycles. The zero-order chi connectivity index (χ0) is 15.1. The number of ether oxygens (including phenoxy) is 1. The van der Waals surface area contributed by atoms with Crippen LogP contribution in [0.2, 0.25) is 5.02 Å². The van der Waals surface area contributed by atoms with E-state index in [-0.39, 0.29) is 23.6 Å². The molecule has 7 heteroatoms. The van der Waals surface area contributed by atoms with Crippen LogP contribution in [0.25, 0.3) is 6.08 Å². The quantitative estimate of drug-likeness (QED) is 0.618. The first kappa shape index (κ1) is 16.1. The Kier molecular flexibility index (Phi) is 6.14. The molecule has 1 rings (SSSR count). The molecular weight excluding hydrogens is 289 g/mol. The summed E-state index contributed by atoms with van der Waals surface area (Å²) >= 11 is 5.58. The lowest BCUT2D eigenvalue weighted by Crippen LogP contribution is -2.31. The van der Waals surface area contributed by atoms with Crippen LogP contribution in [0.4, 0.5) is 4.39 Å². The van der Waals surface area contributed by atoms with Crippen molar-refractivity contribution in [3.05, 3.63) is 40.7 Å². The molecule has 108 valence electrons. The van der Waals surface area contributed by atoms with E-state index in [4.69, 9.17) is 27.2 Å². The molecule has 0 bridgehead atoms. The summed E-state index contributed by atoms with van der Waals surface area (Å²) in [5, 5.41) is 8.47. The minimum absolute atomic E-state index is 0.000436. The molecule has 0 heterocycles. The second-order valence-corrected chi connectivity index (χ2v) is 4.28. The first-order valence-electron chi connectivity index (χ1n) is 5.69. The molecule has 0 radical (unpaired) electrons. The van der Waals surface area contributed by atoms with Crippen LogP contribution in [0.3, 0.4) is 0 Å². The highest BCUT2D eigenvalue weighted by Gasteiger charge is 2.11. The second-order valence-electron chi connectivity index (χ2n) is 3.88. The minimum Gasteiger partial charge on any atom is -0.480 e. The topological polar surface area (TPSA) is 89.6 Å². The normalized spacial score (nSPS) is 12.3. The third kappa shape index (κ3) is 4.99. The first-order chi connectivity index (χ1) is 9.41. The zero-order valence-electron chi connectivity index (χ0n) is 10.4. The lowest BCUT2D eigenvalue weighted by molar-refractivity contribution is -0.142. The lowest BCUT2D eigenvalue weighted by Gasteiger charge is -2.05. The molecule has 0 aliphatic rings. The maximum atomic E-state index is 13.5. The molecule has 0 amide bonds. The summed E-state index contributed by atoms with van der Waals surface area (Å²) in [6.45, 7) is -0.130. The highest BCUT2D eigenvalue weighted by molar-refractivity contribution is 6.30. The van der Waals surface area contributed by atoms with Gasteiger partial charge in [-0.3, -0.25) is 4.79 Å². The van der Waals surface area contributed by atoms with Crippen molar-refractivity contribution in [2.45, 2.75) is 12.5 Å². The number of rotatable bonds is 6. The van der Waals surface area contributed by atoms with E-state index < -0.39 is 23.8 Å². The second kappa shape index (κ2) is 7.62. The Morgan fingerprint density at radius 3 is 2.85 bits per heavy atom. The molecule has 20 heavy (non-hydrogen) atoms. The Balaban J connectivity index is 2.48. The van der Waals surface area contributed by atoms with Crippen molar-refractivity contribution < 1.29 is 23.8 Å². The molecule has 1 unspecified atom stereocenters. The maximum Gasteiger partial charge on any atom is 0.330 e. The Bertz CT molecular complexity index is 533. The van der Waals surface area contributed by atoms with E-state index in [9.17, 15) is 14.0 Å². The van der Waals surface area contributed by atoms with Crippen LogP contribution in [-0.2, 0) is 14.3 Å². The van der Waals surface area contributed by atoms with Gasteiger partial charge >= 0.3 is 11.9 Å². The van der Waals surface area contributed by atoms with Crippen molar-refractivity contribution in [1.82, 2.24) is 0 Å². The van der Waals surface area contributed by atoms with Crippen molar-refractivity contribution in [2.75, 3.05) is 6.61 Å². The first-order valence-corrected chi connectivity index (χ1v) is 6.07. The number of carbonyl (C=O) groups excluding carboxylic acids is 1. The predicted octanol–water partition coefficient (Wildman–Crippen LogP) is 1.84. The third-order valence-electron chi connectivity index (χ3n) is 2.37. The van der Waals surface area contributed by atoms with Gasteiger partial charge in [0.2, 0.25) is 0 Å². The highest BCUT2D eigenvalue weighted by Crippen LogP contribution is 2.18. The molecule has 1 aromatic rings. The number of hydrogen-bond donors (Lipinski definition) is 2. The highest BCUT2D eigenvalue weighted by atomic mass is 35.5. The van der Waals surface area contributed by atoms with Gasteiger partial charge in [0.15, 0.2) is 0 Å². The van der Waals surface area contributed by atoms with Gasteiger partial charge in [-0.1, -0.05) is 23.7 Å². The zero-order valence-corrected chi connectivity index (χ0v) is 11.1. The molecule has 0 aliphatic carbocycles. The molecule has 0 fully saturated rings. The van der Waals surface area contributed by atoms with Gasteiger partial charge in [-0.05, 0) is 12.1 Å². The molecular formula is C13H13ClFNO4. The summed E-state index contributed by atoms with van der Waals surface area (Å²) in [4.78, 5) is 21.7. The van der Waals surface area contributed by atoms with E-state index in [1.54, 1.807) is 6.07 Å². The molecule has 3 N–H and O–H groups in total. The van der Waals surface area contributed by atoms with Gasteiger partial charge in [-0.15, -0.1) is 0 Å². The maximum absolute atomic E-state index is 13.5. The monoisotopic (exact) mass is 301 g/mol. The molecule has 1 atom stereocenters. The van der Waals surface area contributed by atoms with Gasteiger partial charge in [0.25, 0.3) is 0 Å². The van der Waals surface area contributed by atoms with E-state index in [1.165, 1.54) is 18.2 Å². The molecule has 0 spiro atoms. The number of carbonyl (C=O) groups is 2. The number of carboxylic acids is 1. The summed E-state index contributed by atoms with van der Waals surface area (Å²) in [6.07, 6.45) is 2.25. The van der Waals surface area contributed by atoms with Crippen LogP contribution in [0.1, 0.15) is 12.0 Å². The third-order valence-corrected chi connectivity index (χ3v) is 2.66. The number of halogens is 2. The van der Waals surface area contributed by atoms with Gasteiger partial charge in [-0.25, -0.2) is 9.18 Å². The van der Waals surface area contributed by atoms with Gasteiger partial charge in [0, 0.05) is 18.1 Å². The van der Waals surface area contributed by atoms with Crippen LogP contribution in [0.15, 0.2) is 24.3 Å². The smallest absolute Gasteiger partial charge is 0.330 e. The van der Waals surface area contributed by atoms with Gasteiger partial charge in [0.1, 0.15) is 11.9 Å². The SMILES string of the molecule is NC(CCOC(=O)/C=C/c1cccc(Cl)c1F)C(=O)O. The number of benzene rings is 1. The fraction of sp³-hybridized carbons (Fsp3) is 0.231. The van der Waals surface area contributed by atoms with E-state index in [1.807, 2.05) is 0 Å². The predicted molar refractivity (Wildman–Crippen MR) is 71.6 cm³/mol. The van der Waals surface area contributed by atoms with Crippen LogP contribution < -0.4 is 5.73 Å². The van der Waals surface area contributed by atoms with Gasteiger partial charge in [0.05, 0.1) is 11.6 Å². The van der Waals surface area contributed by atoms with Crippen molar-refractivity contribution in [2.24, 2.45) is 5.73 Å². The van der Waals surface area contributed by atoms with Crippen LogP contribution in [-0.4, -0.2) is 29.7 Å². The van der Waals surface area contributed by atoms with Crippen LogP contribution >= 0.6 is 11.6 Å². The standard InChI is InChI=1S/C13H13ClFNO4/c14-9-3-1-2-8(12(9)15)4-5-11(17)20-7-6-10(16)13(18)19/h1-5,10H,6-7,16H2,(H,18,19)/b5-4+. The average molecular weight is 302 g/mol. The number of aliphatic carboxylic acids is 1. The Morgan fingerprint density at radius 1 is 1.50 bits per heavy atom. The van der Waals surface area contributed by atoms with Crippen molar-refractivity contribution in [3.8, 4) is 0 Å².